The molecule has 1 aromatic heterocycles. The van der Waals surface area contributed by atoms with Crippen LogP contribution in [0.3, 0.4) is 0 Å². The molecule has 4 rings (SSSR count). The second kappa shape index (κ2) is 7.38. The van der Waals surface area contributed by atoms with E-state index in [1.807, 2.05) is 18.5 Å². The average Bonchev–Trinajstić information content (AvgIpc) is 3.07. The van der Waals surface area contributed by atoms with Crippen LogP contribution >= 0.6 is 24.0 Å². The quantitative estimate of drug-likeness (QED) is 0.407. The first-order chi connectivity index (χ1) is 11.7. The van der Waals surface area contributed by atoms with Gasteiger partial charge in [-0.15, -0.1) is 34.2 Å². The summed E-state index contributed by atoms with van der Waals surface area (Å²) in [7, 11) is 1.98. The monoisotopic (exact) mass is 460 g/mol. The van der Waals surface area contributed by atoms with Gasteiger partial charge in [0.2, 0.25) is 0 Å². The lowest BCUT2D eigenvalue weighted by Gasteiger charge is -2.63. The number of guanidine groups is 1. The summed E-state index contributed by atoms with van der Waals surface area (Å²) in [6, 6.07) is 0.498. The smallest absolute Gasteiger partial charge is 0.191 e. The van der Waals surface area contributed by atoms with Crippen molar-refractivity contribution in [2.75, 3.05) is 13.2 Å². The van der Waals surface area contributed by atoms with E-state index in [1.165, 1.54) is 25.7 Å². The number of ether oxygens (including phenoxy) is 1. The number of fused-ring (bicyclic) bond motifs is 2. The minimum absolute atomic E-state index is 0. The number of aliphatic imine (C=N–C) groups is 1. The van der Waals surface area contributed by atoms with E-state index in [4.69, 9.17) is 9.73 Å². The van der Waals surface area contributed by atoms with E-state index in [1.54, 1.807) is 0 Å². The van der Waals surface area contributed by atoms with E-state index < -0.39 is 0 Å². The van der Waals surface area contributed by atoms with Crippen LogP contribution in [0.2, 0.25) is 0 Å². The van der Waals surface area contributed by atoms with E-state index in [-0.39, 0.29) is 24.0 Å². The Morgan fingerprint density at radius 2 is 2.20 bits per heavy atom. The molecular formula is C17H29IN6O. The molecule has 2 saturated carbocycles. The molecule has 8 heteroatoms. The number of hydrogen-bond acceptors (Lipinski definition) is 4. The zero-order valence-electron chi connectivity index (χ0n) is 15.3. The van der Waals surface area contributed by atoms with Crippen LogP contribution in [-0.4, -0.2) is 46.0 Å². The molecule has 2 N–H and O–H groups in total. The predicted octanol–water partition coefficient (Wildman–Crippen LogP) is 1.75. The number of nitrogens with zero attached hydrogens (tertiary/aromatic N) is 4. The van der Waals surface area contributed by atoms with Gasteiger partial charge >= 0.3 is 0 Å². The van der Waals surface area contributed by atoms with Crippen LogP contribution in [0.5, 0.6) is 0 Å². The summed E-state index contributed by atoms with van der Waals surface area (Å²) in [6.07, 6.45) is 5.55. The van der Waals surface area contributed by atoms with Gasteiger partial charge in [-0.05, 0) is 33.1 Å². The summed E-state index contributed by atoms with van der Waals surface area (Å²) in [5, 5.41) is 15.4. The summed E-state index contributed by atoms with van der Waals surface area (Å²) in [6.45, 7) is 6.37. The van der Waals surface area contributed by atoms with Crippen LogP contribution in [0.4, 0.5) is 0 Å². The maximum absolute atomic E-state index is 6.01. The minimum atomic E-state index is 0. The van der Waals surface area contributed by atoms with Crippen molar-refractivity contribution in [2.24, 2.45) is 23.4 Å². The molecule has 1 aliphatic heterocycles. The largest absolute Gasteiger partial charge is 0.377 e. The summed E-state index contributed by atoms with van der Waals surface area (Å²) in [4.78, 5) is 4.75. The minimum Gasteiger partial charge on any atom is -0.377 e. The Hall–Kier alpha value is -0.900. The van der Waals surface area contributed by atoms with Gasteiger partial charge in [0.05, 0.1) is 6.10 Å². The Morgan fingerprint density at radius 1 is 1.40 bits per heavy atom. The van der Waals surface area contributed by atoms with Crippen LogP contribution in [0.1, 0.15) is 44.3 Å². The average molecular weight is 460 g/mol. The Morgan fingerprint density at radius 3 is 2.80 bits per heavy atom. The van der Waals surface area contributed by atoms with Crippen molar-refractivity contribution >= 4 is 29.9 Å². The molecule has 1 saturated heterocycles. The Bertz CT molecular complexity index is 641. The van der Waals surface area contributed by atoms with Crippen LogP contribution in [0.15, 0.2) is 4.99 Å². The first kappa shape index (κ1) is 18.9. The molecule has 2 aliphatic carbocycles. The van der Waals surface area contributed by atoms with Crippen LogP contribution in [0, 0.1) is 18.3 Å². The van der Waals surface area contributed by atoms with E-state index in [9.17, 15) is 0 Å². The van der Waals surface area contributed by atoms with Crippen molar-refractivity contribution in [1.29, 1.82) is 0 Å². The third-order valence-electron chi connectivity index (χ3n) is 6.23. The molecule has 3 unspecified atom stereocenters. The van der Waals surface area contributed by atoms with Crippen molar-refractivity contribution in [3.63, 3.8) is 0 Å². The fourth-order valence-electron chi connectivity index (χ4n) is 4.66. The Balaban J connectivity index is 0.00000182. The van der Waals surface area contributed by atoms with Gasteiger partial charge in [0.15, 0.2) is 11.8 Å². The SMILES string of the molecule is CCNC(=NCc1nnc(C)n1C)NC1C2CCOC2C12CCC2.I. The molecule has 0 amide bonds. The number of rotatable bonds is 4. The van der Waals surface area contributed by atoms with Gasteiger partial charge in [0.25, 0.3) is 0 Å². The normalized spacial score (nSPS) is 29.4. The van der Waals surface area contributed by atoms with Crippen LogP contribution < -0.4 is 10.6 Å². The molecule has 140 valence electrons. The summed E-state index contributed by atoms with van der Waals surface area (Å²) in [5.74, 6) is 3.33. The lowest BCUT2D eigenvalue weighted by atomic mass is 9.46. The van der Waals surface area contributed by atoms with Gasteiger partial charge in [0.1, 0.15) is 12.4 Å². The molecule has 0 aromatic carbocycles. The summed E-state index contributed by atoms with van der Waals surface area (Å²) < 4.78 is 8.00. The van der Waals surface area contributed by atoms with E-state index in [2.05, 4.69) is 27.8 Å². The first-order valence-corrected chi connectivity index (χ1v) is 9.17. The fraction of sp³-hybridized carbons (Fsp3) is 0.824. The maximum Gasteiger partial charge on any atom is 0.191 e. The lowest BCUT2D eigenvalue weighted by Crippen LogP contribution is -2.72. The maximum atomic E-state index is 6.01. The van der Waals surface area contributed by atoms with Crippen molar-refractivity contribution < 1.29 is 4.74 Å². The van der Waals surface area contributed by atoms with Gasteiger partial charge in [-0.1, -0.05) is 6.42 Å². The topological polar surface area (TPSA) is 76.4 Å². The van der Waals surface area contributed by atoms with Crippen molar-refractivity contribution in [3.8, 4) is 0 Å². The van der Waals surface area contributed by atoms with Crippen molar-refractivity contribution in [1.82, 2.24) is 25.4 Å². The zero-order valence-corrected chi connectivity index (χ0v) is 17.6. The molecule has 25 heavy (non-hydrogen) atoms. The highest BCUT2D eigenvalue weighted by Gasteiger charge is 2.66. The van der Waals surface area contributed by atoms with Crippen LogP contribution in [0.25, 0.3) is 0 Å². The van der Waals surface area contributed by atoms with E-state index in [0.29, 0.717) is 30.0 Å². The fourth-order valence-corrected chi connectivity index (χ4v) is 4.66. The molecule has 7 nitrogen and oxygen atoms in total. The van der Waals surface area contributed by atoms with Crippen molar-refractivity contribution in [3.05, 3.63) is 11.6 Å². The highest BCUT2D eigenvalue weighted by atomic mass is 127. The molecule has 3 fully saturated rings. The molecule has 0 radical (unpaired) electrons. The number of halogens is 1. The first-order valence-electron chi connectivity index (χ1n) is 9.17. The van der Waals surface area contributed by atoms with E-state index >= 15 is 0 Å². The van der Waals surface area contributed by atoms with Gasteiger partial charge in [-0.25, -0.2) is 4.99 Å². The second-order valence-corrected chi connectivity index (χ2v) is 7.37. The van der Waals surface area contributed by atoms with E-state index in [0.717, 1.165) is 30.8 Å². The standard InChI is InChI=1S/C17H28N6O.HI/c1-4-18-16(19-10-13-22-21-11(2)23(13)3)20-14-12-6-9-24-15(12)17(14)7-5-8-17;/h12,14-15H,4-10H2,1-3H3,(H2,18,19,20);1H. The highest BCUT2D eigenvalue weighted by molar-refractivity contribution is 14.0. The molecule has 3 atom stereocenters. The third-order valence-corrected chi connectivity index (χ3v) is 6.23. The van der Waals surface area contributed by atoms with Gasteiger partial charge in [-0.2, -0.15) is 0 Å². The van der Waals surface area contributed by atoms with Gasteiger partial charge in [-0.3, -0.25) is 0 Å². The Kier molecular flexibility index (Phi) is 5.57. The Labute approximate surface area is 166 Å². The second-order valence-electron chi connectivity index (χ2n) is 7.37. The van der Waals surface area contributed by atoms with Crippen molar-refractivity contribution in [2.45, 2.75) is 58.2 Å². The molecular weight excluding hydrogens is 431 g/mol. The van der Waals surface area contributed by atoms with Gasteiger partial charge < -0.3 is 19.9 Å². The molecule has 2 heterocycles. The predicted molar refractivity (Wildman–Crippen MR) is 107 cm³/mol. The highest BCUT2D eigenvalue weighted by Crippen LogP contribution is 2.62. The molecule has 0 bridgehead atoms. The van der Waals surface area contributed by atoms with Crippen LogP contribution in [-0.2, 0) is 18.3 Å². The number of nitrogens with one attached hydrogen (secondary N) is 2. The van der Waals surface area contributed by atoms with Gasteiger partial charge in [0, 0.05) is 37.6 Å². The third kappa shape index (κ3) is 3.05. The molecule has 1 aromatic rings. The summed E-state index contributed by atoms with van der Waals surface area (Å²) >= 11 is 0. The molecule has 3 aliphatic rings. The lowest BCUT2D eigenvalue weighted by molar-refractivity contribution is -0.171. The zero-order chi connectivity index (χ0) is 16.7. The number of aromatic nitrogens is 3. The summed E-state index contributed by atoms with van der Waals surface area (Å²) in [5.41, 5.74) is 0.360. The number of hydrogen-bond donors (Lipinski definition) is 2. The molecule has 1 spiro atoms. The number of aryl methyl sites for hydroxylation is 1.